The molecule has 0 saturated heterocycles. The maximum atomic E-state index is 4.67. The lowest BCUT2D eigenvalue weighted by Gasteiger charge is -2.10. The molecule has 4 aromatic rings. The summed E-state index contributed by atoms with van der Waals surface area (Å²) in [4.78, 5) is 10.2. The lowest BCUT2D eigenvalue weighted by Crippen LogP contribution is -2.16. The average Bonchev–Trinajstić information content (AvgIpc) is 3.21. The SMILES string of the molecule is CN(C)CCCNc1ccc2[nH]nc(-c3nc4ccccc4[nH]3)c2c1. The van der Waals surface area contributed by atoms with Gasteiger partial charge in [0, 0.05) is 17.6 Å². The van der Waals surface area contributed by atoms with Crippen molar-refractivity contribution in [2.45, 2.75) is 6.42 Å². The van der Waals surface area contributed by atoms with Gasteiger partial charge < -0.3 is 15.2 Å². The predicted octanol–water partition coefficient (Wildman–Crippen LogP) is 3.47. The molecule has 6 nitrogen and oxygen atoms in total. The molecule has 0 radical (unpaired) electrons. The Hall–Kier alpha value is -2.86. The topological polar surface area (TPSA) is 72.6 Å². The molecule has 25 heavy (non-hydrogen) atoms. The molecule has 0 fully saturated rings. The van der Waals surface area contributed by atoms with Gasteiger partial charge in [0.2, 0.25) is 0 Å². The molecule has 128 valence electrons. The van der Waals surface area contributed by atoms with Gasteiger partial charge in [-0.1, -0.05) is 12.1 Å². The van der Waals surface area contributed by atoms with Crippen molar-refractivity contribution in [1.29, 1.82) is 0 Å². The van der Waals surface area contributed by atoms with E-state index in [4.69, 9.17) is 0 Å². The van der Waals surface area contributed by atoms with E-state index >= 15 is 0 Å². The molecule has 0 spiro atoms. The van der Waals surface area contributed by atoms with Crippen LogP contribution in [0.1, 0.15) is 6.42 Å². The van der Waals surface area contributed by atoms with Crippen molar-refractivity contribution in [3.8, 4) is 11.5 Å². The first-order valence-corrected chi connectivity index (χ1v) is 8.52. The molecule has 2 aromatic heterocycles. The summed E-state index contributed by atoms with van der Waals surface area (Å²) in [6.07, 6.45) is 1.10. The third kappa shape index (κ3) is 3.21. The molecule has 0 atom stereocenters. The van der Waals surface area contributed by atoms with Crippen LogP contribution in [0, 0.1) is 0 Å². The third-order valence-electron chi connectivity index (χ3n) is 4.29. The summed E-state index contributed by atoms with van der Waals surface area (Å²) in [7, 11) is 4.19. The molecule has 4 rings (SSSR count). The van der Waals surface area contributed by atoms with E-state index in [0.717, 1.165) is 58.7 Å². The van der Waals surface area contributed by atoms with Crippen molar-refractivity contribution >= 4 is 27.6 Å². The van der Waals surface area contributed by atoms with Gasteiger partial charge in [-0.25, -0.2) is 4.98 Å². The number of para-hydroxylation sites is 2. The molecular weight excluding hydrogens is 312 g/mol. The Morgan fingerprint density at radius 1 is 1.08 bits per heavy atom. The predicted molar refractivity (Wildman–Crippen MR) is 103 cm³/mol. The van der Waals surface area contributed by atoms with Crippen molar-refractivity contribution in [2.24, 2.45) is 0 Å². The van der Waals surface area contributed by atoms with E-state index in [1.807, 2.05) is 24.3 Å². The summed E-state index contributed by atoms with van der Waals surface area (Å²) >= 11 is 0. The fourth-order valence-electron chi connectivity index (χ4n) is 3.00. The number of aromatic nitrogens is 4. The smallest absolute Gasteiger partial charge is 0.159 e. The van der Waals surface area contributed by atoms with Crippen LogP contribution < -0.4 is 5.32 Å². The summed E-state index contributed by atoms with van der Waals surface area (Å²) in [5.41, 5.74) is 4.93. The second kappa shape index (κ2) is 6.57. The number of H-pyrrole nitrogens is 2. The summed E-state index contributed by atoms with van der Waals surface area (Å²) in [5.74, 6) is 0.789. The van der Waals surface area contributed by atoms with E-state index in [0.29, 0.717) is 0 Å². The van der Waals surface area contributed by atoms with Crippen LogP contribution in [0.3, 0.4) is 0 Å². The second-order valence-electron chi connectivity index (χ2n) is 6.52. The second-order valence-corrected chi connectivity index (χ2v) is 6.52. The van der Waals surface area contributed by atoms with Crippen LogP contribution in [-0.4, -0.2) is 52.3 Å². The minimum absolute atomic E-state index is 0.789. The van der Waals surface area contributed by atoms with E-state index in [2.05, 4.69) is 62.7 Å². The Morgan fingerprint density at radius 2 is 1.96 bits per heavy atom. The molecule has 2 heterocycles. The van der Waals surface area contributed by atoms with E-state index in [1.165, 1.54) is 0 Å². The third-order valence-corrected chi connectivity index (χ3v) is 4.29. The molecule has 2 aromatic carbocycles. The van der Waals surface area contributed by atoms with Gasteiger partial charge in [0.25, 0.3) is 0 Å². The molecule has 0 aliphatic rings. The van der Waals surface area contributed by atoms with Gasteiger partial charge in [-0.2, -0.15) is 5.10 Å². The summed E-state index contributed by atoms with van der Waals surface area (Å²) < 4.78 is 0. The van der Waals surface area contributed by atoms with Gasteiger partial charge >= 0.3 is 0 Å². The van der Waals surface area contributed by atoms with Crippen molar-refractivity contribution in [3.63, 3.8) is 0 Å². The molecule has 0 aliphatic heterocycles. The minimum atomic E-state index is 0.789. The summed E-state index contributed by atoms with van der Waals surface area (Å²) in [6.45, 7) is 2.02. The largest absolute Gasteiger partial charge is 0.385 e. The van der Waals surface area contributed by atoms with Gasteiger partial charge in [-0.15, -0.1) is 0 Å². The normalized spacial score (nSPS) is 11.6. The highest BCUT2D eigenvalue weighted by atomic mass is 15.1. The number of hydrogen-bond donors (Lipinski definition) is 3. The summed E-state index contributed by atoms with van der Waals surface area (Å²) in [5, 5.41) is 12.1. The Labute approximate surface area is 146 Å². The first-order chi connectivity index (χ1) is 12.2. The number of benzene rings is 2. The van der Waals surface area contributed by atoms with Gasteiger partial charge in [0.05, 0.1) is 16.6 Å². The van der Waals surface area contributed by atoms with Gasteiger partial charge in [-0.05, 0) is 57.4 Å². The first-order valence-electron chi connectivity index (χ1n) is 8.52. The molecule has 0 saturated carbocycles. The van der Waals surface area contributed by atoms with Gasteiger partial charge in [0.15, 0.2) is 5.82 Å². The molecule has 0 aliphatic carbocycles. The van der Waals surface area contributed by atoms with Crippen molar-refractivity contribution < 1.29 is 0 Å². The van der Waals surface area contributed by atoms with Crippen molar-refractivity contribution in [3.05, 3.63) is 42.5 Å². The lowest BCUT2D eigenvalue weighted by atomic mass is 10.2. The molecule has 0 unspecified atom stereocenters. The van der Waals surface area contributed by atoms with Crippen LogP contribution in [-0.2, 0) is 0 Å². The number of nitrogens with one attached hydrogen (secondary N) is 3. The molecule has 0 amide bonds. The highest BCUT2D eigenvalue weighted by Crippen LogP contribution is 2.28. The number of fused-ring (bicyclic) bond motifs is 2. The number of aromatic amines is 2. The standard InChI is InChI=1S/C19H22N6/c1-25(2)11-5-10-20-13-8-9-15-14(12-13)18(24-23-15)19-21-16-6-3-4-7-17(16)22-19/h3-4,6-9,12,20H,5,10-11H2,1-2H3,(H,21,22)(H,23,24). The molecule has 3 N–H and O–H groups in total. The number of rotatable bonds is 6. The van der Waals surface area contributed by atoms with Crippen LogP contribution in [0.4, 0.5) is 5.69 Å². The first kappa shape index (κ1) is 15.7. The fourth-order valence-corrected chi connectivity index (χ4v) is 3.00. The summed E-state index contributed by atoms with van der Waals surface area (Å²) in [6, 6.07) is 14.3. The van der Waals surface area contributed by atoms with E-state index in [1.54, 1.807) is 0 Å². The van der Waals surface area contributed by atoms with Crippen molar-refractivity contribution in [1.82, 2.24) is 25.1 Å². The van der Waals surface area contributed by atoms with Crippen LogP contribution in [0.15, 0.2) is 42.5 Å². The number of imidazole rings is 1. The zero-order valence-electron chi connectivity index (χ0n) is 14.5. The molecule has 6 heteroatoms. The van der Waals surface area contributed by atoms with Gasteiger partial charge in [-0.3, -0.25) is 5.10 Å². The van der Waals surface area contributed by atoms with Crippen LogP contribution in [0.25, 0.3) is 33.5 Å². The Bertz CT molecular complexity index is 964. The Kier molecular flexibility index (Phi) is 4.11. The van der Waals surface area contributed by atoms with Crippen molar-refractivity contribution in [2.75, 3.05) is 32.5 Å². The zero-order chi connectivity index (χ0) is 17.2. The quantitative estimate of drug-likeness (QED) is 0.472. The fraction of sp³-hybridized carbons (Fsp3) is 0.263. The number of nitrogens with zero attached hydrogens (tertiary/aromatic N) is 3. The Morgan fingerprint density at radius 3 is 2.80 bits per heavy atom. The molecule has 0 bridgehead atoms. The van der Waals surface area contributed by atoms with E-state index < -0.39 is 0 Å². The minimum Gasteiger partial charge on any atom is -0.385 e. The number of hydrogen-bond acceptors (Lipinski definition) is 4. The maximum absolute atomic E-state index is 4.67. The van der Waals surface area contributed by atoms with Crippen LogP contribution in [0.2, 0.25) is 0 Å². The maximum Gasteiger partial charge on any atom is 0.159 e. The number of anilines is 1. The van der Waals surface area contributed by atoms with Crippen LogP contribution in [0.5, 0.6) is 0 Å². The molecular formula is C19H22N6. The van der Waals surface area contributed by atoms with Crippen LogP contribution >= 0.6 is 0 Å². The monoisotopic (exact) mass is 334 g/mol. The Balaban J connectivity index is 1.62. The highest BCUT2D eigenvalue weighted by molar-refractivity contribution is 5.94. The van der Waals surface area contributed by atoms with E-state index in [9.17, 15) is 0 Å². The van der Waals surface area contributed by atoms with Gasteiger partial charge in [0.1, 0.15) is 5.69 Å². The zero-order valence-corrected chi connectivity index (χ0v) is 14.5. The highest BCUT2D eigenvalue weighted by Gasteiger charge is 2.12. The lowest BCUT2D eigenvalue weighted by molar-refractivity contribution is 0.405. The van der Waals surface area contributed by atoms with E-state index in [-0.39, 0.29) is 0 Å². The average molecular weight is 334 g/mol.